The SMILES string of the molecule is COc1cccc(OC)c1C(=O)NCCN(C(C)=O)C1CCCCC1. The molecule has 6 nitrogen and oxygen atoms in total. The average molecular weight is 348 g/mol. The predicted octanol–water partition coefficient (Wildman–Crippen LogP) is 2.61. The molecule has 0 radical (unpaired) electrons. The molecule has 0 heterocycles. The van der Waals surface area contributed by atoms with Gasteiger partial charge in [-0.05, 0) is 25.0 Å². The lowest BCUT2D eigenvalue weighted by Crippen LogP contribution is -2.44. The van der Waals surface area contributed by atoms with E-state index in [4.69, 9.17) is 9.47 Å². The molecule has 0 aromatic heterocycles. The molecule has 138 valence electrons. The number of rotatable bonds is 7. The summed E-state index contributed by atoms with van der Waals surface area (Å²) in [6, 6.07) is 5.52. The van der Waals surface area contributed by atoms with Crippen LogP contribution in [0.1, 0.15) is 49.4 Å². The van der Waals surface area contributed by atoms with Gasteiger partial charge in [-0.1, -0.05) is 25.3 Å². The van der Waals surface area contributed by atoms with Gasteiger partial charge in [0.15, 0.2) is 0 Å². The maximum atomic E-state index is 12.6. The van der Waals surface area contributed by atoms with Gasteiger partial charge in [0, 0.05) is 26.1 Å². The van der Waals surface area contributed by atoms with Gasteiger partial charge in [0.2, 0.25) is 5.91 Å². The van der Waals surface area contributed by atoms with Crippen LogP contribution in [0.25, 0.3) is 0 Å². The van der Waals surface area contributed by atoms with Crippen LogP contribution in [0.5, 0.6) is 11.5 Å². The van der Waals surface area contributed by atoms with Gasteiger partial charge >= 0.3 is 0 Å². The highest BCUT2D eigenvalue weighted by atomic mass is 16.5. The van der Waals surface area contributed by atoms with Crippen LogP contribution in [0.3, 0.4) is 0 Å². The normalized spacial score (nSPS) is 14.7. The number of carbonyl (C=O) groups excluding carboxylic acids is 2. The van der Waals surface area contributed by atoms with E-state index in [-0.39, 0.29) is 11.8 Å². The molecule has 1 aliphatic carbocycles. The van der Waals surface area contributed by atoms with Crippen molar-refractivity contribution in [1.29, 1.82) is 0 Å². The Hall–Kier alpha value is -2.24. The highest BCUT2D eigenvalue weighted by Gasteiger charge is 2.23. The lowest BCUT2D eigenvalue weighted by molar-refractivity contribution is -0.131. The zero-order chi connectivity index (χ0) is 18.2. The Morgan fingerprint density at radius 3 is 2.24 bits per heavy atom. The minimum atomic E-state index is -0.263. The van der Waals surface area contributed by atoms with Crippen LogP contribution in [-0.4, -0.2) is 50.1 Å². The molecule has 0 atom stereocenters. The Labute approximate surface area is 149 Å². The molecule has 0 aliphatic heterocycles. The molecule has 25 heavy (non-hydrogen) atoms. The summed E-state index contributed by atoms with van der Waals surface area (Å²) in [5.41, 5.74) is 0.375. The van der Waals surface area contributed by atoms with Crippen molar-refractivity contribution in [1.82, 2.24) is 10.2 Å². The highest BCUT2D eigenvalue weighted by molar-refractivity contribution is 5.99. The summed E-state index contributed by atoms with van der Waals surface area (Å²) >= 11 is 0. The van der Waals surface area contributed by atoms with Crippen molar-refractivity contribution < 1.29 is 19.1 Å². The lowest BCUT2D eigenvalue weighted by atomic mass is 9.94. The number of methoxy groups -OCH3 is 2. The molecule has 2 rings (SSSR count). The van der Waals surface area contributed by atoms with Crippen molar-refractivity contribution in [2.75, 3.05) is 27.3 Å². The van der Waals surface area contributed by atoms with E-state index in [0.29, 0.717) is 36.2 Å². The third kappa shape index (κ3) is 4.87. The maximum Gasteiger partial charge on any atom is 0.258 e. The summed E-state index contributed by atoms with van der Waals surface area (Å²) in [6.45, 7) is 2.51. The zero-order valence-electron chi connectivity index (χ0n) is 15.3. The van der Waals surface area contributed by atoms with Gasteiger partial charge in [0.05, 0.1) is 14.2 Å². The van der Waals surface area contributed by atoms with Crippen molar-refractivity contribution in [2.45, 2.75) is 45.1 Å². The van der Waals surface area contributed by atoms with Gasteiger partial charge in [-0.15, -0.1) is 0 Å². The first-order valence-electron chi connectivity index (χ1n) is 8.85. The summed E-state index contributed by atoms with van der Waals surface area (Å²) in [4.78, 5) is 26.4. The van der Waals surface area contributed by atoms with Crippen molar-refractivity contribution in [3.8, 4) is 11.5 Å². The number of nitrogens with zero attached hydrogens (tertiary/aromatic N) is 1. The van der Waals surface area contributed by atoms with E-state index in [9.17, 15) is 9.59 Å². The Morgan fingerprint density at radius 2 is 1.72 bits per heavy atom. The van der Waals surface area contributed by atoms with Gasteiger partial charge in [-0.25, -0.2) is 0 Å². The molecular weight excluding hydrogens is 320 g/mol. The molecule has 0 saturated heterocycles. The molecule has 1 N–H and O–H groups in total. The summed E-state index contributed by atoms with van der Waals surface area (Å²) in [7, 11) is 3.04. The molecule has 2 amide bonds. The summed E-state index contributed by atoms with van der Waals surface area (Å²) in [5.74, 6) is 0.734. The molecular formula is C19H28N2O4. The van der Waals surface area contributed by atoms with E-state index in [2.05, 4.69) is 5.32 Å². The van der Waals surface area contributed by atoms with Crippen LogP contribution in [0.4, 0.5) is 0 Å². The van der Waals surface area contributed by atoms with Gasteiger partial charge in [0.25, 0.3) is 5.91 Å². The molecule has 0 bridgehead atoms. The Balaban J connectivity index is 1.98. The summed E-state index contributed by atoms with van der Waals surface area (Å²) < 4.78 is 10.5. The van der Waals surface area contributed by atoms with E-state index < -0.39 is 0 Å². The smallest absolute Gasteiger partial charge is 0.258 e. The monoisotopic (exact) mass is 348 g/mol. The summed E-state index contributed by atoms with van der Waals surface area (Å²) in [6.07, 6.45) is 5.67. The van der Waals surface area contributed by atoms with Crippen LogP contribution in [0.15, 0.2) is 18.2 Å². The Bertz CT molecular complexity index is 575. The topological polar surface area (TPSA) is 67.9 Å². The number of benzene rings is 1. The third-order valence-corrected chi connectivity index (χ3v) is 4.71. The predicted molar refractivity (Wildman–Crippen MR) is 96.1 cm³/mol. The molecule has 1 aromatic carbocycles. The van der Waals surface area contributed by atoms with Crippen LogP contribution < -0.4 is 14.8 Å². The van der Waals surface area contributed by atoms with E-state index in [0.717, 1.165) is 12.8 Å². The number of hydrogen-bond acceptors (Lipinski definition) is 4. The molecule has 1 aliphatic rings. The van der Waals surface area contributed by atoms with Crippen LogP contribution in [-0.2, 0) is 4.79 Å². The second kappa shape index (κ2) is 9.30. The van der Waals surface area contributed by atoms with Crippen molar-refractivity contribution in [2.24, 2.45) is 0 Å². The lowest BCUT2D eigenvalue weighted by Gasteiger charge is -2.33. The minimum Gasteiger partial charge on any atom is -0.496 e. The highest BCUT2D eigenvalue weighted by Crippen LogP contribution is 2.28. The number of amides is 2. The second-order valence-electron chi connectivity index (χ2n) is 6.30. The van der Waals surface area contributed by atoms with E-state index in [1.807, 2.05) is 4.90 Å². The van der Waals surface area contributed by atoms with Gasteiger partial charge in [-0.3, -0.25) is 9.59 Å². The number of ether oxygens (including phenoxy) is 2. The van der Waals surface area contributed by atoms with E-state index in [1.54, 1.807) is 25.1 Å². The summed E-state index contributed by atoms with van der Waals surface area (Å²) in [5, 5.41) is 2.88. The van der Waals surface area contributed by atoms with Gasteiger partial charge in [0.1, 0.15) is 17.1 Å². The van der Waals surface area contributed by atoms with E-state index in [1.165, 1.54) is 33.5 Å². The molecule has 1 saturated carbocycles. The first kappa shape index (κ1) is 19.1. The van der Waals surface area contributed by atoms with Crippen LogP contribution in [0, 0.1) is 0 Å². The number of hydrogen-bond donors (Lipinski definition) is 1. The van der Waals surface area contributed by atoms with Crippen molar-refractivity contribution in [3.05, 3.63) is 23.8 Å². The quantitative estimate of drug-likeness (QED) is 0.822. The fourth-order valence-electron chi connectivity index (χ4n) is 3.44. The fraction of sp³-hybridized carbons (Fsp3) is 0.579. The van der Waals surface area contributed by atoms with Crippen molar-refractivity contribution >= 4 is 11.8 Å². The maximum absolute atomic E-state index is 12.6. The third-order valence-electron chi connectivity index (χ3n) is 4.71. The molecule has 1 aromatic rings. The molecule has 0 spiro atoms. The van der Waals surface area contributed by atoms with E-state index >= 15 is 0 Å². The number of carbonyl (C=O) groups is 2. The second-order valence-corrected chi connectivity index (χ2v) is 6.30. The van der Waals surface area contributed by atoms with Gasteiger partial charge in [-0.2, -0.15) is 0 Å². The van der Waals surface area contributed by atoms with Crippen molar-refractivity contribution in [3.63, 3.8) is 0 Å². The first-order chi connectivity index (χ1) is 12.1. The van der Waals surface area contributed by atoms with Gasteiger partial charge < -0.3 is 19.7 Å². The molecule has 6 heteroatoms. The standard InChI is InChI=1S/C19H28N2O4/c1-14(22)21(15-8-5-4-6-9-15)13-12-20-19(23)18-16(24-2)10-7-11-17(18)25-3/h7,10-11,15H,4-6,8-9,12-13H2,1-3H3,(H,20,23). The zero-order valence-corrected chi connectivity index (χ0v) is 15.3. The largest absolute Gasteiger partial charge is 0.496 e. The Morgan fingerprint density at radius 1 is 1.12 bits per heavy atom. The first-order valence-corrected chi connectivity index (χ1v) is 8.85. The number of nitrogens with one attached hydrogen (secondary N) is 1. The van der Waals surface area contributed by atoms with Crippen LogP contribution in [0.2, 0.25) is 0 Å². The molecule has 0 unspecified atom stereocenters. The fourth-order valence-corrected chi connectivity index (χ4v) is 3.44. The average Bonchev–Trinajstić information content (AvgIpc) is 2.64. The molecule has 1 fully saturated rings. The Kier molecular flexibility index (Phi) is 7.10. The minimum absolute atomic E-state index is 0.0658. The van der Waals surface area contributed by atoms with Crippen LogP contribution >= 0.6 is 0 Å².